The summed E-state index contributed by atoms with van der Waals surface area (Å²) >= 11 is 3.30. The summed E-state index contributed by atoms with van der Waals surface area (Å²) in [5.74, 6) is 3.06. The van der Waals surface area contributed by atoms with E-state index in [1.54, 1.807) is 23.9 Å². The fraction of sp³-hybridized carbons (Fsp3) is 0.308. The first kappa shape index (κ1) is 29.9. The topological polar surface area (TPSA) is 130 Å². The predicted octanol–water partition coefficient (Wildman–Crippen LogP) is 4.59. The van der Waals surface area contributed by atoms with Crippen LogP contribution >= 0.6 is 31.1 Å². The molecule has 0 saturated carbocycles. The molecule has 0 aliphatic heterocycles. The van der Waals surface area contributed by atoms with Gasteiger partial charge in [-0.1, -0.05) is 72.8 Å². The second-order valence-corrected chi connectivity index (χ2v) is 14.4. The van der Waals surface area contributed by atoms with Crippen molar-refractivity contribution in [3.63, 3.8) is 0 Å². The lowest BCUT2D eigenvalue weighted by atomic mass is 9.95. The Morgan fingerprint density at radius 2 is 1.32 bits per heavy atom. The number of rotatable bonds is 15. The molecule has 0 radical (unpaired) electrons. The van der Waals surface area contributed by atoms with Crippen LogP contribution in [0.25, 0.3) is 0 Å². The van der Waals surface area contributed by atoms with Gasteiger partial charge >= 0.3 is 7.60 Å². The summed E-state index contributed by atoms with van der Waals surface area (Å²) in [6.07, 6.45) is 0.716. The van der Waals surface area contributed by atoms with Gasteiger partial charge in [-0.15, -0.1) is 0 Å². The molecule has 37 heavy (non-hydrogen) atoms. The van der Waals surface area contributed by atoms with Gasteiger partial charge < -0.3 is 15.5 Å². The number of sulfonamides is 1. The van der Waals surface area contributed by atoms with Gasteiger partial charge in [0.05, 0.1) is 23.1 Å². The highest BCUT2D eigenvalue weighted by atomic mass is 32.2. The standard InChI is InChI=1S/C26H33N2O5PS3/c27-25(22-7-3-1-4-8-22)26(23-9-5-2-6-10-23)28-37(32,33)24-13-11-21(12-14-24)15-17-35-19-20-36-18-16-34(29,30)31/h1-14,25-26,28H,15-20,27H2,(H2,29,30,31)/t25-,26-/m1/s1. The smallest absolute Gasteiger partial charge is 0.324 e. The highest BCUT2D eigenvalue weighted by molar-refractivity contribution is 8.03. The molecule has 0 aliphatic carbocycles. The minimum Gasteiger partial charge on any atom is -0.324 e. The number of hydrogen-bond acceptors (Lipinski definition) is 6. The molecule has 200 valence electrons. The van der Waals surface area contributed by atoms with Gasteiger partial charge in [0.1, 0.15) is 0 Å². The van der Waals surface area contributed by atoms with Gasteiger partial charge in [-0.25, -0.2) is 13.1 Å². The Morgan fingerprint density at radius 3 is 1.89 bits per heavy atom. The van der Waals surface area contributed by atoms with Crippen molar-refractivity contribution in [1.29, 1.82) is 0 Å². The second kappa shape index (κ2) is 14.5. The van der Waals surface area contributed by atoms with E-state index >= 15 is 0 Å². The molecule has 5 N–H and O–H groups in total. The summed E-state index contributed by atoms with van der Waals surface area (Å²) in [6.45, 7) is 0. The summed E-state index contributed by atoms with van der Waals surface area (Å²) in [7, 11) is -7.73. The Bertz CT molecular complexity index is 1240. The van der Waals surface area contributed by atoms with Crippen LogP contribution in [0.1, 0.15) is 28.8 Å². The molecule has 3 aromatic carbocycles. The van der Waals surface area contributed by atoms with E-state index in [4.69, 9.17) is 15.5 Å². The fourth-order valence-corrected chi connectivity index (χ4v) is 8.09. The Kier molecular flexibility index (Phi) is 11.7. The van der Waals surface area contributed by atoms with Crippen molar-refractivity contribution in [2.24, 2.45) is 5.73 Å². The summed E-state index contributed by atoms with van der Waals surface area (Å²) in [4.78, 5) is 17.9. The number of aryl methyl sites for hydroxylation is 1. The van der Waals surface area contributed by atoms with E-state index in [9.17, 15) is 13.0 Å². The van der Waals surface area contributed by atoms with Crippen LogP contribution in [0.5, 0.6) is 0 Å². The molecule has 0 heterocycles. The average Bonchev–Trinajstić information content (AvgIpc) is 2.89. The first-order chi connectivity index (χ1) is 17.7. The predicted molar refractivity (Wildman–Crippen MR) is 155 cm³/mol. The van der Waals surface area contributed by atoms with E-state index in [1.165, 1.54) is 11.8 Å². The maximum absolute atomic E-state index is 13.3. The van der Waals surface area contributed by atoms with E-state index in [0.29, 0.717) is 5.75 Å². The molecule has 3 aromatic rings. The zero-order valence-electron chi connectivity index (χ0n) is 20.3. The molecule has 0 bridgehead atoms. The third kappa shape index (κ3) is 10.2. The number of nitrogens with two attached hydrogens (primary N) is 1. The minimum absolute atomic E-state index is 0.0866. The van der Waals surface area contributed by atoms with Gasteiger partial charge in [0.15, 0.2) is 0 Å². The maximum atomic E-state index is 13.3. The van der Waals surface area contributed by atoms with Crippen LogP contribution in [-0.4, -0.2) is 47.4 Å². The summed E-state index contributed by atoms with van der Waals surface area (Å²) in [5, 5.41) is 0. The Hall–Kier alpha value is -1.62. The lowest BCUT2D eigenvalue weighted by molar-refractivity contribution is 0.375. The van der Waals surface area contributed by atoms with Gasteiger partial charge in [0.2, 0.25) is 10.0 Å². The van der Waals surface area contributed by atoms with Gasteiger partial charge in [0, 0.05) is 17.3 Å². The van der Waals surface area contributed by atoms with Crippen molar-refractivity contribution in [3.8, 4) is 0 Å². The second-order valence-electron chi connectivity index (χ2n) is 8.45. The highest BCUT2D eigenvalue weighted by Gasteiger charge is 2.27. The van der Waals surface area contributed by atoms with Crippen molar-refractivity contribution in [1.82, 2.24) is 4.72 Å². The van der Waals surface area contributed by atoms with Crippen molar-refractivity contribution in [3.05, 3.63) is 102 Å². The van der Waals surface area contributed by atoms with E-state index in [-0.39, 0.29) is 11.1 Å². The monoisotopic (exact) mass is 580 g/mol. The Balaban J connectivity index is 1.56. The van der Waals surface area contributed by atoms with Gasteiger partial charge in [-0.05, 0) is 41.0 Å². The van der Waals surface area contributed by atoms with Crippen LogP contribution in [0.15, 0.2) is 89.8 Å². The Labute approximate surface area is 227 Å². The van der Waals surface area contributed by atoms with Gasteiger partial charge in [0.25, 0.3) is 0 Å². The number of hydrogen-bond donors (Lipinski definition) is 4. The lowest BCUT2D eigenvalue weighted by Gasteiger charge is -2.26. The molecule has 0 saturated heterocycles. The molecule has 11 heteroatoms. The van der Waals surface area contributed by atoms with E-state index in [0.717, 1.165) is 40.4 Å². The van der Waals surface area contributed by atoms with Crippen LogP contribution in [0.3, 0.4) is 0 Å². The van der Waals surface area contributed by atoms with Crippen LogP contribution < -0.4 is 10.5 Å². The van der Waals surface area contributed by atoms with Crippen LogP contribution in [0, 0.1) is 0 Å². The number of benzene rings is 3. The molecular formula is C26H33N2O5PS3. The molecule has 0 spiro atoms. The molecular weight excluding hydrogens is 547 g/mol. The van der Waals surface area contributed by atoms with Crippen molar-refractivity contribution < 1.29 is 22.8 Å². The normalized spacial score (nSPS) is 13.8. The summed E-state index contributed by atoms with van der Waals surface area (Å²) in [6, 6.07) is 24.5. The quantitative estimate of drug-likeness (QED) is 0.152. The summed E-state index contributed by atoms with van der Waals surface area (Å²) < 4.78 is 40.2. The zero-order chi connectivity index (χ0) is 26.7. The lowest BCUT2D eigenvalue weighted by Crippen LogP contribution is -2.36. The van der Waals surface area contributed by atoms with Gasteiger partial charge in [-0.2, -0.15) is 23.5 Å². The molecule has 3 rings (SSSR count). The third-order valence-electron chi connectivity index (χ3n) is 5.65. The minimum atomic E-state index is -3.91. The molecule has 0 fully saturated rings. The zero-order valence-corrected chi connectivity index (χ0v) is 23.7. The van der Waals surface area contributed by atoms with Crippen molar-refractivity contribution >= 4 is 41.1 Å². The van der Waals surface area contributed by atoms with E-state index in [2.05, 4.69) is 4.72 Å². The molecule has 7 nitrogen and oxygen atoms in total. The molecule has 0 amide bonds. The van der Waals surface area contributed by atoms with E-state index < -0.39 is 29.7 Å². The fourth-order valence-electron chi connectivity index (χ4n) is 3.64. The molecule has 0 unspecified atom stereocenters. The van der Waals surface area contributed by atoms with Crippen molar-refractivity contribution in [2.75, 3.05) is 29.2 Å². The highest BCUT2D eigenvalue weighted by Crippen LogP contribution is 2.34. The first-order valence-electron chi connectivity index (χ1n) is 11.8. The number of thioether (sulfide) groups is 2. The summed E-state index contributed by atoms with van der Waals surface area (Å²) in [5.41, 5.74) is 9.21. The Morgan fingerprint density at radius 1 is 0.784 bits per heavy atom. The SMILES string of the molecule is N[C@H](c1ccccc1)[C@H](NS(=O)(=O)c1ccc(CCSCCSCCP(=O)(O)O)cc1)c1ccccc1. The maximum Gasteiger partial charge on any atom is 0.326 e. The van der Waals surface area contributed by atoms with Crippen LogP contribution in [0.4, 0.5) is 0 Å². The van der Waals surface area contributed by atoms with E-state index in [1.807, 2.05) is 72.8 Å². The first-order valence-corrected chi connectivity index (χ1v) is 17.4. The van der Waals surface area contributed by atoms with Crippen molar-refractivity contribution in [2.45, 2.75) is 23.4 Å². The van der Waals surface area contributed by atoms with Crippen LogP contribution in [-0.2, 0) is 21.0 Å². The number of nitrogens with one attached hydrogen (secondary N) is 1. The molecule has 0 aromatic heterocycles. The largest absolute Gasteiger partial charge is 0.326 e. The average molecular weight is 581 g/mol. The van der Waals surface area contributed by atoms with Crippen LogP contribution in [0.2, 0.25) is 0 Å². The molecule has 2 atom stereocenters. The third-order valence-corrected chi connectivity index (χ3v) is 10.4. The van der Waals surface area contributed by atoms with Gasteiger partial charge in [-0.3, -0.25) is 4.57 Å². The molecule has 0 aliphatic rings.